The van der Waals surface area contributed by atoms with Gasteiger partial charge < -0.3 is 14.6 Å². The molecule has 2 heterocycles. The summed E-state index contributed by atoms with van der Waals surface area (Å²) >= 11 is 7.69. The third-order valence-electron chi connectivity index (χ3n) is 6.70. The number of hydrogen-bond donors (Lipinski definition) is 2. The fourth-order valence-electron chi connectivity index (χ4n) is 4.32. The van der Waals surface area contributed by atoms with Gasteiger partial charge in [-0.25, -0.2) is 21.9 Å². The third kappa shape index (κ3) is 7.83. The van der Waals surface area contributed by atoms with Gasteiger partial charge in [-0.05, 0) is 69.0 Å². The Labute approximate surface area is 236 Å². The fraction of sp³-hybridized carbons (Fsp3) is 0.500. The molecular formula is C26H31ClF2N2O6S2. The lowest BCUT2D eigenvalue weighted by Crippen LogP contribution is -2.51. The summed E-state index contributed by atoms with van der Waals surface area (Å²) in [6.45, 7) is 3.52. The van der Waals surface area contributed by atoms with Crippen LogP contribution in [0.1, 0.15) is 32.6 Å². The molecule has 0 aliphatic carbocycles. The van der Waals surface area contributed by atoms with Crippen molar-refractivity contribution >= 4 is 39.3 Å². The number of aliphatic hydroxyl groups excluding tert-OH is 1. The van der Waals surface area contributed by atoms with Crippen molar-refractivity contribution in [3.8, 4) is 5.75 Å². The first-order valence-electron chi connectivity index (χ1n) is 12.6. The van der Waals surface area contributed by atoms with E-state index in [0.717, 1.165) is 29.9 Å². The van der Waals surface area contributed by atoms with Crippen molar-refractivity contribution in [3.05, 3.63) is 53.1 Å². The van der Waals surface area contributed by atoms with E-state index in [4.69, 9.17) is 21.1 Å². The molecule has 8 nitrogen and oxygen atoms in total. The first-order chi connectivity index (χ1) is 18.4. The largest absolute Gasteiger partial charge is 0.485 e. The van der Waals surface area contributed by atoms with E-state index in [1.165, 1.54) is 30.8 Å². The molecule has 2 N–H and O–H groups in total. The Kier molecular flexibility index (Phi) is 9.77. The van der Waals surface area contributed by atoms with E-state index < -0.39 is 38.3 Å². The Bertz CT molecular complexity index is 1250. The van der Waals surface area contributed by atoms with Crippen molar-refractivity contribution in [1.29, 1.82) is 0 Å². The molecule has 2 saturated heterocycles. The highest BCUT2D eigenvalue weighted by Gasteiger charge is 2.38. The molecule has 0 saturated carbocycles. The van der Waals surface area contributed by atoms with E-state index in [-0.39, 0.29) is 22.7 Å². The quantitative estimate of drug-likeness (QED) is 0.371. The number of nitrogens with one attached hydrogen (secondary N) is 1. The summed E-state index contributed by atoms with van der Waals surface area (Å²) in [5.41, 5.74) is -1.29. The predicted molar refractivity (Wildman–Crippen MR) is 144 cm³/mol. The van der Waals surface area contributed by atoms with Gasteiger partial charge in [-0.15, -0.1) is 11.8 Å². The molecule has 2 aromatic carbocycles. The van der Waals surface area contributed by atoms with Gasteiger partial charge in [-0.1, -0.05) is 11.6 Å². The van der Waals surface area contributed by atoms with Crippen LogP contribution in [0.5, 0.6) is 5.75 Å². The van der Waals surface area contributed by atoms with E-state index in [9.17, 15) is 22.7 Å². The van der Waals surface area contributed by atoms with Gasteiger partial charge in [-0.2, -0.15) is 0 Å². The van der Waals surface area contributed by atoms with Gasteiger partial charge in [0.05, 0.1) is 16.0 Å². The lowest BCUT2D eigenvalue weighted by Gasteiger charge is -2.36. The molecule has 0 unspecified atom stereocenters. The van der Waals surface area contributed by atoms with Crippen LogP contribution < -0.4 is 9.46 Å². The average Bonchev–Trinajstić information content (AvgIpc) is 2.87. The van der Waals surface area contributed by atoms with E-state index in [1.807, 2.05) is 9.62 Å². The molecule has 0 aromatic heterocycles. The van der Waals surface area contributed by atoms with E-state index in [0.29, 0.717) is 44.8 Å². The zero-order chi connectivity index (χ0) is 28.2. The summed E-state index contributed by atoms with van der Waals surface area (Å²) in [6, 6.07) is 7.74. The minimum Gasteiger partial charge on any atom is -0.485 e. The van der Waals surface area contributed by atoms with E-state index in [2.05, 4.69) is 0 Å². The number of amides is 1. The van der Waals surface area contributed by atoms with Gasteiger partial charge >= 0.3 is 0 Å². The van der Waals surface area contributed by atoms with E-state index >= 15 is 4.39 Å². The van der Waals surface area contributed by atoms with Crippen molar-refractivity contribution in [1.82, 2.24) is 9.62 Å². The highest BCUT2D eigenvalue weighted by atomic mass is 35.5. The van der Waals surface area contributed by atoms with Crippen LogP contribution in [0.3, 0.4) is 0 Å². The van der Waals surface area contributed by atoms with Gasteiger partial charge in [0.2, 0.25) is 0 Å². The van der Waals surface area contributed by atoms with Crippen LogP contribution in [-0.2, 0) is 19.6 Å². The number of rotatable bonds is 11. The summed E-state index contributed by atoms with van der Waals surface area (Å²) in [4.78, 5) is 15.0. The molecule has 2 aliphatic rings. The smallest absolute Gasteiger partial charge is 0.265 e. The standard InChI is InChI=1S/C26H31ClF2N2O6S2/c1-26(9-2-3-11-36-26)25(33)30-39(34,35)21-12-22(27)24(23(29)13-21)37-19(8-10-31-14-18(32)15-31)16-38-20-6-4-17(28)5-7-20/h4-7,12-13,18-19,32H,2-3,8-11,14-16H2,1H3,(H,30,33)/t19-,26-/m1/s1. The maximum absolute atomic E-state index is 15.2. The Hall–Kier alpha value is -1.96. The molecule has 0 spiro atoms. The average molecular weight is 605 g/mol. The van der Waals surface area contributed by atoms with Crippen molar-refractivity contribution < 1.29 is 36.6 Å². The monoisotopic (exact) mass is 604 g/mol. The number of benzene rings is 2. The molecule has 1 amide bonds. The molecule has 2 atom stereocenters. The molecule has 2 aromatic rings. The summed E-state index contributed by atoms with van der Waals surface area (Å²) in [6.07, 6.45) is 1.44. The molecule has 39 heavy (non-hydrogen) atoms. The second-order valence-corrected chi connectivity index (χ2v) is 13.1. The fourth-order valence-corrected chi connectivity index (χ4v) is 6.69. The molecule has 214 valence electrons. The summed E-state index contributed by atoms with van der Waals surface area (Å²) in [7, 11) is -4.43. The van der Waals surface area contributed by atoms with Crippen LogP contribution in [0.4, 0.5) is 8.78 Å². The third-order valence-corrected chi connectivity index (χ3v) is 9.43. The second kappa shape index (κ2) is 12.7. The van der Waals surface area contributed by atoms with Crippen molar-refractivity contribution in [2.24, 2.45) is 0 Å². The zero-order valence-corrected chi connectivity index (χ0v) is 23.8. The number of hydrogen-bond acceptors (Lipinski definition) is 8. The minimum absolute atomic E-state index is 0.265. The summed E-state index contributed by atoms with van der Waals surface area (Å²) in [5, 5.41) is 9.28. The molecule has 0 radical (unpaired) electrons. The molecule has 2 aliphatic heterocycles. The molecule has 4 rings (SSSR count). The topological polar surface area (TPSA) is 105 Å². The lowest BCUT2D eigenvalue weighted by molar-refractivity contribution is -0.148. The first-order valence-corrected chi connectivity index (χ1v) is 15.5. The van der Waals surface area contributed by atoms with Crippen molar-refractivity contribution in [2.75, 3.05) is 32.0 Å². The zero-order valence-electron chi connectivity index (χ0n) is 21.4. The van der Waals surface area contributed by atoms with Crippen molar-refractivity contribution in [2.45, 2.75) is 60.2 Å². The molecule has 2 fully saturated rings. The number of carbonyl (C=O) groups excluding carboxylic acids is 1. The minimum atomic E-state index is -4.43. The van der Waals surface area contributed by atoms with Crippen LogP contribution >= 0.6 is 23.4 Å². The Morgan fingerprint density at radius 3 is 2.62 bits per heavy atom. The van der Waals surface area contributed by atoms with Gasteiger partial charge in [-0.3, -0.25) is 9.69 Å². The first kappa shape index (κ1) is 30.0. The number of sulfonamides is 1. The number of aliphatic hydroxyl groups is 1. The maximum atomic E-state index is 15.2. The van der Waals surface area contributed by atoms with Gasteiger partial charge in [0.1, 0.15) is 17.5 Å². The van der Waals surface area contributed by atoms with E-state index in [1.54, 1.807) is 12.1 Å². The van der Waals surface area contributed by atoms with Crippen LogP contribution in [0, 0.1) is 11.6 Å². The molecule has 0 bridgehead atoms. The van der Waals surface area contributed by atoms with Crippen LogP contribution in [-0.4, -0.2) is 74.1 Å². The normalized spacial score (nSPS) is 21.3. The SMILES string of the molecule is C[C@]1(C(=O)NS(=O)(=O)c2cc(F)c(O[C@H](CCN3CC(O)C3)CSc3ccc(F)cc3)c(Cl)c2)CCCCO1. The number of ether oxygens (including phenoxy) is 2. The number of halogens is 3. The second-order valence-electron chi connectivity index (χ2n) is 9.89. The number of β-amino-alcohol motifs (C(OH)–C–C–N with tert-alkyl or cyclic N) is 1. The number of likely N-dealkylation sites (tertiary alicyclic amines) is 1. The number of nitrogens with zero attached hydrogens (tertiary/aromatic N) is 1. The highest BCUT2D eigenvalue weighted by Crippen LogP contribution is 2.34. The van der Waals surface area contributed by atoms with Crippen LogP contribution in [0.15, 0.2) is 46.2 Å². The Morgan fingerprint density at radius 2 is 2.00 bits per heavy atom. The molecule has 13 heteroatoms. The van der Waals surface area contributed by atoms with Crippen LogP contribution in [0.2, 0.25) is 5.02 Å². The maximum Gasteiger partial charge on any atom is 0.265 e. The van der Waals surface area contributed by atoms with Crippen LogP contribution in [0.25, 0.3) is 0 Å². The number of carbonyl (C=O) groups is 1. The van der Waals surface area contributed by atoms with Gasteiger partial charge in [0.25, 0.3) is 15.9 Å². The Balaban J connectivity index is 1.47. The molecular weight excluding hydrogens is 574 g/mol. The summed E-state index contributed by atoms with van der Waals surface area (Å²) in [5.74, 6) is -2.10. The Morgan fingerprint density at radius 1 is 1.28 bits per heavy atom. The van der Waals surface area contributed by atoms with Crippen molar-refractivity contribution in [3.63, 3.8) is 0 Å². The van der Waals surface area contributed by atoms with Gasteiger partial charge in [0.15, 0.2) is 11.6 Å². The summed E-state index contributed by atoms with van der Waals surface area (Å²) < 4.78 is 67.6. The lowest BCUT2D eigenvalue weighted by atomic mass is 9.95. The number of thioether (sulfide) groups is 1. The predicted octanol–water partition coefficient (Wildman–Crippen LogP) is 3.99. The highest BCUT2D eigenvalue weighted by molar-refractivity contribution is 7.99. The van der Waals surface area contributed by atoms with Gasteiger partial charge in [0, 0.05) is 36.9 Å².